The molecule has 0 spiro atoms. The van der Waals surface area contributed by atoms with Crippen molar-refractivity contribution in [3.63, 3.8) is 0 Å². The minimum absolute atomic E-state index is 0.227. The van der Waals surface area contributed by atoms with E-state index >= 15 is 0 Å². The predicted molar refractivity (Wildman–Crippen MR) is 136 cm³/mol. The summed E-state index contributed by atoms with van der Waals surface area (Å²) in [5.41, 5.74) is 1.42. The summed E-state index contributed by atoms with van der Waals surface area (Å²) in [6.07, 6.45) is 2.84. The Balaban J connectivity index is 2.32. The number of halogens is 1. The molecule has 0 saturated heterocycles. The van der Waals surface area contributed by atoms with E-state index in [2.05, 4.69) is 21.2 Å². The summed E-state index contributed by atoms with van der Waals surface area (Å²) in [5.74, 6) is -0.645. The molecule has 0 aliphatic heterocycles. The van der Waals surface area contributed by atoms with Gasteiger partial charge in [0.15, 0.2) is 0 Å². The lowest BCUT2D eigenvalue weighted by Gasteiger charge is -2.32. The summed E-state index contributed by atoms with van der Waals surface area (Å²) in [6.45, 7) is 4.25. The van der Waals surface area contributed by atoms with E-state index in [4.69, 9.17) is 0 Å². The average Bonchev–Trinajstić information content (AvgIpc) is 2.79. The first-order chi connectivity index (χ1) is 15.7. The Morgan fingerprint density at radius 2 is 1.67 bits per heavy atom. The summed E-state index contributed by atoms with van der Waals surface area (Å²) >= 11 is 3.34. The van der Waals surface area contributed by atoms with E-state index in [0.29, 0.717) is 31.6 Å². The van der Waals surface area contributed by atoms with E-state index in [9.17, 15) is 18.0 Å². The van der Waals surface area contributed by atoms with Gasteiger partial charge >= 0.3 is 0 Å². The van der Waals surface area contributed by atoms with Gasteiger partial charge in [-0.3, -0.25) is 13.9 Å². The van der Waals surface area contributed by atoms with Gasteiger partial charge in [-0.15, -0.1) is 0 Å². The van der Waals surface area contributed by atoms with Crippen LogP contribution < -0.4 is 9.62 Å². The molecule has 2 amide bonds. The Morgan fingerprint density at radius 3 is 2.21 bits per heavy atom. The summed E-state index contributed by atoms with van der Waals surface area (Å²) < 4.78 is 26.9. The number of sulfonamides is 1. The number of benzene rings is 2. The van der Waals surface area contributed by atoms with Crippen molar-refractivity contribution in [3.05, 3.63) is 64.6 Å². The van der Waals surface area contributed by atoms with Crippen molar-refractivity contribution in [3.8, 4) is 0 Å². The molecule has 0 aliphatic rings. The molecule has 7 nitrogen and oxygen atoms in total. The zero-order valence-corrected chi connectivity index (χ0v) is 21.7. The summed E-state index contributed by atoms with van der Waals surface area (Å²) in [7, 11) is -3.72. The molecule has 2 aromatic rings. The van der Waals surface area contributed by atoms with Crippen LogP contribution in [0.1, 0.15) is 32.3 Å². The van der Waals surface area contributed by atoms with Crippen LogP contribution in [-0.4, -0.2) is 57.1 Å². The summed E-state index contributed by atoms with van der Waals surface area (Å²) in [4.78, 5) is 27.8. The molecule has 33 heavy (non-hydrogen) atoms. The number of nitrogens with one attached hydrogen (secondary N) is 1. The van der Waals surface area contributed by atoms with Crippen molar-refractivity contribution in [1.29, 1.82) is 0 Å². The Kier molecular flexibility index (Phi) is 10.4. The van der Waals surface area contributed by atoms with Gasteiger partial charge in [0.05, 0.1) is 11.9 Å². The summed E-state index contributed by atoms with van der Waals surface area (Å²) in [5, 5.41) is 2.87. The van der Waals surface area contributed by atoms with Gasteiger partial charge in [0.2, 0.25) is 21.8 Å². The van der Waals surface area contributed by atoms with E-state index in [-0.39, 0.29) is 12.5 Å². The molecule has 180 valence electrons. The zero-order valence-electron chi connectivity index (χ0n) is 19.3. The average molecular weight is 539 g/mol. The first-order valence-electron chi connectivity index (χ1n) is 11.0. The molecule has 2 aromatic carbocycles. The molecule has 0 heterocycles. The lowest BCUT2D eigenvalue weighted by molar-refractivity contribution is -0.139. The molecule has 0 saturated carbocycles. The van der Waals surface area contributed by atoms with Gasteiger partial charge < -0.3 is 10.2 Å². The van der Waals surface area contributed by atoms with Crippen LogP contribution in [0, 0.1) is 0 Å². The monoisotopic (exact) mass is 537 g/mol. The maximum Gasteiger partial charge on any atom is 0.244 e. The smallest absolute Gasteiger partial charge is 0.244 e. The molecule has 9 heteroatoms. The van der Waals surface area contributed by atoms with Crippen LogP contribution in [-0.2, 0) is 26.0 Å². The highest BCUT2D eigenvalue weighted by atomic mass is 79.9. The lowest BCUT2D eigenvalue weighted by atomic mass is 10.1. The molecule has 0 unspecified atom stereocenters. The highest BCUT2D eigenvalue weighted by Crippen LogP contribution is 2.21. The van der Waals surface area contributed by atoms with Gasteiger partial charge in [-0.25, -0.2) is 8.42 Å². The van der Waals surface area contributed by atoms with E-state index in [0.717, 1.165) is 27.0 Å². The van der Waals surface area contributed by atoms with Crippen molar-refractivity contribution in [2.75, 3.05) is 30.2 Å². The second kappa shape index (κ2) is 12.7. The molecule has 1 atom stereocenters. The topological polar surface area (TPSA) is 86.8 Å². The number of amides is 2. The quantitative estimate of drug-likeness (QED) is 0.448. The van der Waals surface area contributed by atoms with Gasteiger partial charge in [0.1, 0.15) is 12.6 Å². The number of hydrogen-bond donors (Lipinski definition) is 1. The van der Waals surface area contributed by atoms with Crippen molar-refractivity contribution >= 4 is 43.5 Å². The molecule has 0 bridgehead atoms. The fourth-order valence-electron chi connectivity index (χ4n) is 3.48. The Morgan fingerprint density at radius 1 is 1.03 bits per heavy atom. The molecule has 0 aromatic heterocycles. The molecule has 0 radical (unpaired) electrons. The highest BCUT2D eigenvalue weighted by molar-refractivity contribution is 9.10. The normalized spacial score (nSPS) is 12.1. The molecular formula is C24H32BrN3O4S. The van der Waals surface area contributed by atoms with Gasteiger partial charge in [0, 0.05) is 17.6 Å². The van der Waals surface area contributed by atoms with Crippen molar-refractivity contribution in [1.82, 2.24) is 10.2 Å². The third-order valence-corrected chi connectivity index (χ3v) is 6.88. The number of anilines is 1. The van der Waals surface area contributed by atoms with E-state index < -0.39 is 22.0 Å². The maximum atomic E-state index is 13.5. The largest absolute Gasteiger partial charge is 0.354 e. The highest BCUT2D eigenvalue weighted by Gasteiger charge is 2.31. The molecular weight excluding hydrogens is 506 g/mol. The van der Waals surface area contributed by atoms with Crippen LogP contribution in [0.25, 0.3) is 0 Å². The van der Waals surface area contributed by atoms with Crippen LogP contribution in [0.4, 0.5) is 5.69 Å². The molecule has 0 fully saturated rings. The number of hydrogen-bond acceptors (Lipinski definition) is 4. The van der Waals surface area contributed by atoms with Crippen LogP contribution in [0.5, 0.6) is 0 Å². The fourth-order valence-corrected chi connectivity index (χ4v) is 4.60. The number of carbonyl (C=O) groups is 2. The second-order valence-corrected chi connectivity index (χ2v) is 10.6. The Labute approximate surface area is 205 Å². The molecule has 2 rings (SSSR count). The number of nitrogens with zero attached hydrogens (tertiary/aromatic N) is 2. The number of rotatable bonds is 12. The fraction of sp³-hybridized carbons (Fsp3) is 0.417. The van der Waals surface area contributed by atoms with Gasteiger partial charge in [-0.1, -0.05) is 60.1 Å². The first-order valence-corrected chi connectivity index (χ1v) is 13.7. The second-order valence-electron chi connectivity index (χ2n) is 7.78. The van der Waals surface area contributed by atoms with Crippen LogP contribution in [0.15, 0.2) is 59.1 Å². The van der Waals surface area contributed by atoms with Crippen molar-refractivity contribution < 1.29 is 18.0 Å². The summed E-state index contributed by atoms with van der Waals surface area (Å²) in [6, 6.07) is 15.7. The standard InChI is InChI=1S/C24H32BrN3O4S/c1-4-16-26-24(30)22(5-2)27(17-15-19-9-7-6-8-10-19)23(29)18-28(33(3,31)32)21-13-11-20(25)12-14-21/h6-14,22H,4-5,15-18H2,1-3H3,(H,26,30)/t22-/m0/s1. The lowest BCUT2D eigenvalue weighted by Crippen LogP contribution is -2.53. The van der Waals surface area contributed by atoms with Crippen LogP contribution in [0.2, 0.25) is 0 Å². The zero-order chi connectivity index (χ0) is 24.4. The van der Waals surface area contributed by atoms with E-state index in [1.54, 1.807) is 24.3 Å². The Hall–Kier alpha value is -2.39. The SMILES string of the molecule is CCCNC(=O)[C@H](CC)N(CCc1ccccc1)C(=O)CN(c1ccc(Br)cc1)S(C)(=O)=O. The van der Waals surface area contributed by atoms with E-state index in [1.807, 2.05) is 44.2 Å². The van der Waals surface area contributed by atoms with Crippen LogP contribution >= 0.6 is 15.9 Å². The number of carbonyl (C=O) groups excluding carboxylic acids is 2. The first kappa shape index (κ1) is 26.9. The van der Waals surface area contributed by atoms with Gasteiger partial charge in [0.25, 0.3) is 0 Å². The van der Waals surface area contributed by atoms with Gasteiger partial charge in [-0.2, -0.15) is 0 Å². The predicted octanol–water partition coefficient (Wildman–Crippen LogP) is 3.59. The third kappa shape index (κ3) is 8.16. The van der Waals surface area contributed by atoms with Crippen molar-refractivity contribution in [2.45, 2.75) is 39.2 Å². The molecule has 0 aliphatic carbocycles. The third-order valence-electron chi connectivity index (χ3n) is 5.21. The van der Waals surface area contributed by atoms with Gasteiger partial charge in [-0.05, 0) is 49.1 Å². The Bertz CT molecular complexity index is 1010. The van der Waals surface area contributed by atoms with Crippen molar-refractivity contribution in [2.24, 2.45) is 0 Å². The minimum atomic E-state index is -3.72. The molecule has 1 N–H and O–H groups in total. The maximum absolute atomic E-state index is 13.5. The van der Waals surface area contributed by atoms with E-state index in [1.165, 1.54) is 4.90 Å². The van der Waals surface area contributed by atoms with Crippen LogP contribution in [0.3, 0.4) is 0 Å². The minimum Gasteiger partial charge on any atom is -0.354 e.